The third kappa shape index (κ3) is 12.3. The van der Waals surface area contributed by atoms with Gasteiger partial charge >= 0.3 is 0 Å². The number of aliphatic imine (C=N–C) groups is 1. The highest BCUT2D eigenvalue weighted by Crippen LogP contribution is 2.01. The standard InChI is InChI=1S/C16H35N5S.HI/c1-17-16(18-8-4-5-15-22-3)19-9-6-11-21-12-7-10-20(2)13-14-21;/h4-15H2,1-3H3,(H2,17,18,19);1H. The van der Waals surface area contributed by atoms with E-state index in [0.29, 0.717) is 0 Å². The lowest BCUT2D eigenvalue weighted by Gasteiger charge is -2.20. The molecule has 5 nitrogen and oxygen atoms in total. The zero-order valence-electron chi connectivity index (χ0n) is 15.1. The van der Waals surface area contributed by atoms with Gasteiger partial charge in [-0.05, 0) is 64.4 Å². The van der Waals surface area contributed by atoms with Crippen molar-refractivity contribution < 1.29 is 0 Å². The Morgan fingerprint density at radius 2 is 1.78 bits per heavy atom. The molecule has 0 aromatic carbocycles. The molecular formula is C16H36IN5S. The van der Waals surface area contributed by atoms with Gasteiger partial charge in [-0.15, -0.1) is 24.0 Å². The van der Waals surface area contributed by atoms with Crippen molar-refractivity contribution in [3.05, 3.63) is 0 Å². The molecule has 0 atom stereocenters. The van der Waals surface area contributed by atoms with Crippen molar-refractivity contribution in [2.75, 3.05) is 71.9 Å². The Balaban J connectivity index is 0.00000484. The fraction of sp³-hybridized carbons (Fsp3) is 0.938. The Hall–Kier alpha value is 0.270. The van der Waals surface area contributed by atoms with E-state index in [0.717, 1.165) is 19.0 Å². The van der Waals surface area contributed by atoms with Crippen LogP contribution in [0.1, 0.15) is 25.7 Å². The molecule has 2 N–H and O–H groups in total. The number of nitrogens with one attached hydrogen (secondary N) is 2. The van der Waals surface area contributed by atoms with Crippen LogP contribution in [-0.4, -0.2) is 87.7 Å². The van der Waals surface area contributed by atoms with E-state index >= 15 is 0 Å². The number of guanidine groups is 1. The second-order valence-electron chi connectivity index (χ2n) is 5.98. The van der Waals surface area contributed by atoms with Gasteiger partial charge in [-0.1, -0.05) is 0 Å². The smallest absolute Gasteiger partial charge is 0.190 e. The number of nitrogens with zero attached hydrogens (tertiary/aromatic N) is 3. The fourth-order valence-corrected chi connectivity index (χ4v) is 3.12. The van der Waals surface area contributed by atoms with Gasteiger partial charge in [0.2, 0.25) is 0 Å². The van der Waals surface area contributed by atoms with Gasteiger partial charge < -0.3 is 20.4 Å². The fourth-order valence-electron chi connectivity index (χ4n) is 2.63. The van der Waals surface area contributed by atoms with E-state index in [-0.39, 0.29) is 24.0 Å². The quantitative estimate of drug-likeness (QED) is 0.240. The first-order valence-corrected chi connectivity index (χ1v) is 10.00. The summed E-state index contributed by atoms with van der Waals surface area (Å²) in [5.41, 5.74) is 0. The van der Waals surface area contributed by atoms with Crippen LogP contribution in [0.15, 0.2) is 4.99 Å². The minimum atomic E-state index is 0. The average molecular weight is 457 g/mol. The molecule has 1 fully saturated rings. The number of hydrogen-bond donors (Lipinski definition) is 2. The molecule has 0 unspecified atom stereocenters. The molecule has 0 bridgehead atoms. The van der Waals surface area contributed by atoms with E-state index in [2.05, 4.69) is 38.7 Å². The van der Waals surface area contributed by atoms with Gasteiger partial charge in [0.1, 0.15) is 0 Å². The molecule has 138 valence electrons. The molecule has 1 aliphatic rings. The Kier molecular flexibility index (Phi) is 16.0. The summed E-state index contributed by atoms with van der Waals surface area (Å²) >= 11 is 1.92. The number of hydrogen-bond acceptors (Lipinski definition) is 4. The predicted octanol–water partition coefficient (Wildman–Crippen LogP) is 1.94. The number of likely N-dealkylation sites (N-methyl/N-ethyl adjacent to an activating group) is 1. The lowest BCUT2D eigenvalue weighted by molar-refractivity contribution is 0.274. The lowest BCUT2D eigenvalue weighted by Crippen LogP contribution is -2.39. The monoisotopic (exact) mass is 457 g/mol. The van der Waals surface area contributed by atoms with Crippen LogP contribution in [0.25, 0.3) is 0 Å². The molecule has 1 aliphatic heterocycles. The highest BCUT2D eigenvalue weighted by atomic mass is 127. The van der Waals surface area contributed by atoms with Crippen molar-refractivity contribution >= 4 is 41.7 Å². The van der Waals surface area contributed by atoms with Gasteiger partial charge in [-0.25, -0.2) is 0 Å². The van der Waals surface area contributed by atoms with E-state index in [4.69, 9.17) is 0 Å². The van der Waals surface area contributed by atoms with Gasteiger partial charge in [0.25, 0.3) is 0 Å². The summed E-state index contributed by atoms with van der Waals surface area (Å²) in [6.07, 6.45) is 7.12. The van der Waals surface area contributed by atoms with Crippen molar-refractivity contribution in [2.24, 2.45) is 4.99 Å². The molecule has 1 heterocycles. The average Bonchev–Trinajstić information content (AvgIpc) is 2.73. The van der Waals surface area contributed by atoms with Crippen molar-refractivity contribution in [3.8, 4) is 0 Å². The van der Waals surface area contributed by atoms with Crippen LogP contribution in [0, 0.1) is 0 Å². The number of thioether (sulfide) groups is 1. The van der Waals surface area contributed by atoms with Gasteiger partial charge in [-0.2, -0.15) is 11.8 Å². The summed E-state index contributed by atoms with van der Waals surface area (Å²) in [6, 6.07) is 0. The summed E-state index contributed by atoms with van der Waals surface area (Å²) in [5.74, 6) is 2.19. The first-order valence-electron chi connectivity index (χ1n) is 8.60. The van der Waals surface area contributed by atoms with E-state index < -0.39 is 0 Å². The molecule has 0 aromatic heterocycles. The van der Waals surface area contributed by atoms with Gasteiger partial charge in [0, 0.05) is 33.2 Å². The topological polar surface area (TPSA) is 42.9 Å². The Labute approximate surface area is 164 Å². The Morgan fingerprint density at radius 3 is 2.48 bits per heavy atom. The molecular weight excluding hydrogens is 421 g/mol. The highest BCUT2D eigenvalue weighted by Gasteiger charge is 2.11. The molecule has 0 spiro atoms. The minimum absolute atomic E-state index is 0. The molecule has 0 saturated carbocycles. The van der Waals surface area contributed by atoms with Crippen LogP contribution >= 0.6 is 35.7 Å². The summed E-state index contributed by atoms with van der Waals surface area (Å²) in [7, 11) is 4.07. The van der Waals surface area contributed by atoms with Crippen molar-refractivity contribution in [1.82, 2.24) is 20.4 Å². The zero-order valence-corrected chi connectivity index (χ0v) is 18.3. The molecule has 0 aromatic rings. The van der Waals surface area contributed by atoms with Crippen LogP contribution in [-0.2, 0) is 0 Å². The molecule has 0 amide bonds. The number of unbranched alkanes of at least 4 members (excludes halogenated alkanes) is 1. The maximum atomic E-state index is 4.28. The van der Waals surface area contributed by atoms with Crippen LogP contribution in [0.2, 0.25) is 0 Å². The van der Waals surface area contributed by atoms with Crippen molar-refractivity contribution in [1.29, 1.82) is 0 Å². The first-order chi connectivity index (χ1) is 10.8. The normalized spacial score (nSPS) is 17.4. The predicted molar refractivity (Wildman–Crippen MR) is 116 cm³/mol. The van der Waals surface area contributed by atoms with Crippen molar-refractivity contribution in [2.45, 2.75) is 25.7 Å². The highest BCUT2D eigenvalue weighted by molar-refractivity contribution is 14.0. The summed E-state index contributed by atoms with van der Waals surface area (Å²) in [4.78, 5) is 9.30. The molecule has 23 heavy (non-hydrogen) atoms. The molecule has 0 aliphatic carbocycles. The maximum absolute atomic E-state index is 4.28. The minimum Gasteiger partial charge on any atom is -0.356 e. The third-order valence-corrected chi connectivity index (χ3v) is 4.74. The SMILES string of the molecule is CN=C(NCCCCSC)NCCCN1CCCN(C)CC1.I. The number of halogens is 1. The van der Waals surface area contributed by atoms with E-state index in [9.17, 15) is 0 Å². The van der Waals surface area contributed by atoms with Gasteiger partial charge in [0.15, 0.2) is 5.96 Å². The van der Waals surface area contributed by atoms with Crippen LogP contribution in [0.3, 0.4) is 0 Å². The summed E-state index contributed by atoms with van der Waals surface area (Å²) < 4.78 is 0. The lowest BCUT2D eigenvalue weighted by atomic mass is 10.3. The third-order valence-electron chi connectivity index (χ3n) is 4.05. The van der Waals surface area contributed by atoms with E-state index in [1.807, 2.05) is 18.8 Å². The second-order valence-corrected chi connectivity index (χ2v) is 6.96. The van der Waals surface area contributed by atoms with Crippen molar-refractivity contribution in [3.63, 3.8) is 0 Å². The Morgan fingerprint density at radius 1 is 1.04 bits per heavy atom. The van der Waals surface area contributed by atoms with E-state index in [1.54, 1.807) is 0 Å². The van der Waals surface area contributed by atoms with Crippen LogP contribution in [0.5, 0.6) is 0 Å². The maximum Gasteiger partial charge on any atom is 0.190 e. The van der Waals surface area contributed by atoms with Gasteiger partial charge in [0.05, 0.1) is 0 Å². The van der Waals surface area contributed by atoms with E-state index in [1.165, 1.54) is 64.2 Å². The first kappa shape index (κ1) is 23.3. The largest absolute Gasteiger partial charge is 0.356 e. The van der Waals surface area contributed by atoms with Crippen LogP contribution < -0.4 is 10.6 Å². The summed E-state index contributed by atoms with van der Waals surface area (Å²) in [6.45, 7) is 8.08. The molecule has 7 heteroatoms. The number of rotatable bonds is 9. The van der Waals surface area contributed by atoms with Crippen LogP contribution in [0.4, 0.5) is 0 Å². The molecule has 1 saturated heterocycles. The summed E-state index contributed by atoms with van der Waals surface area (Å²) in [5, 5.41) is 6.81. The molecule has 0 radical (unpaired) electrons. The Bertz CT molecular complexity index is 304. The zero-order chi connectivity index (χ0) is 16.0. The van der Waals surface area contributed by atoms with Gasteiger partial charge in [-0.3, -0.25) is 4.99 Å². The molecule has 1 rings (SSSR count). The second kappa shape index (κ2) is 15.8.